The molecule has 0 spiro atoms. The van der Waals surface area contributed by atoms with Crippen molar-refractivity contribution in [2.24, 2.45) is 0 Å². The number of ether oxygens (including phenoxy) is 1. The Balaban J connectivity index is 1.62. The van der Waals surface area contributed by atoms with Crippen LogP contribution in [-0.4, -0.2) is 32.9 Å². The van der Waals surface area contributed by atoms with Crippen molar-refractivity contribution in [1.82, 2.24) is 14.8 Å². The zero-order valence-corrected chi connectivity index (χ0v) is 19.0. The molecular formula is C26H22FN5O3. The molecule has 1 unspecified atom stereocenters. The molecule has 1 aromatic heterocycles. The van der Waals surface area contributed by atoms with Gasteiger partial charge in [-0.1, -0.05) is 42.5 Å². The monoisotopic (exact) mass is 471 g/mol. The first-order valence-corrected chi connectivity index (χ1v) is 10.9. The summed E-state index contributed by atoms with van der Waals surface area (Å²) in [6.07, 6.45) is 0. The maximum absolute atomic E-state index is 15.1. The summed E-state index contributed by atoms with van der Waals surface area (Å²) >= 11 is 0. The van der Waals surface area contributed by atoms with Crippen LogP contribution in [0.15, 0.2) is 84.1 Å². The number of hydrogen-bond donors (Lipinski definition) is 3. The van der Waals surface area contributed by atoms with Crippen LogP contribution in [-0.2, 0) is 4.79 Å². The topological polar surface area (TPSA) is 101 Å². The number of aromatic nitrogens is 3. The molecule has 5 rings (SSSR count). The SMILES string of the molecule is COc1ccccc1NC(=O)C1=C(C)Nc2nc(-c3cccc(O)c3)nn2C1c1ccccc1F. The lowest BCUT2D eigenvalue weighted by Crippen LogP contribution is -2.32. The van der Waals surface area contributed by atoms with Gasteiger partial charge in [0.05, 0.1) is 18.4 Å². The van der Waals surface area contributed by atoms with Crippen LogP contribution in [0.2, 0.25) is 0 Å². The zero-order chi connectivity index (χ0) is 24.5. The summed E-state index contributed by atoms with van der Waals surface area (Å²) in [5.74, 6) is 0.327. The van der Waals surface area contributed by atoms with E-state index >= 15 is 4.39 Å². The molecule has 0 aliphatic carbocycles. The minimum atomic E-state index is -0.888. The number of methoxy groups -OCH3 is 1. The Morgan fingerprint density at radius 3 is 2.66 bits per heavy atom. The number of benzene rings is 3. The van der Waals surface area contributed by atoms with Crippen molar-refractivity contribution in [3.8, 4) is 22.9 Å². The van der Waals surface area contributed by atoms with Gasteiger partial charge in [0.15, 0.2) is 5.82 Å². The third-order valence-corrected chi connectivity index (χ3v) is 5.76. The van der Waals surface area contributed by atoms with E-state index in [9.17, 15) is 9.90 Å². The lowest BCUT2D eigenvalue weighted by Gasteiger charge is -2.29. The van der Waals surface area contributed by atoms with Crippen LogP contribution >= 0.6 is 0 Å². The van der Waals surface area contributed by atoms with Crippen molar-refractivity contribution in [2.45, 2.75) is 13.0 Å². The third-order valence-electron chi connectivity index (χ3n) is 5.76. The molecule has 2 heterocycles. The Morgan fingerprint density at radius 1 is 1.11 bits per heavy atom. The van der Waals surface area contributed by atoms with Crippen molar-refractivity contribution >= 4 is 17.5 Å². The number of carbonyl (C=O) groups excluding carboxylic acids is 1. The van der Waals surface area contributed by atoms with Gasteiger partial charge in [0.25, 0.3) is 5.91 Å². The van der Waals surface area contributed by atoms with E-state index in [0.717, 1.165) is 0 Å². The maximum atomic E-state index is 15.1. The van der Waals surface area contributed by atoms with Gasteiger partial charge in [0.2, 0.25) is 5.95 Å². The predicted octanol–water partition coefficient (Wildman–Crippen LogP) is 4.73. The molecule has 0 fully saturated rings. The number of carbonyl (C=O) groups is 1. The molecule has 35 heavy (non-hydrogen) atoms. The van der Waals surface area contributed by atoms with Crippen LogP contribution in [0.3, 0.4) is 0 Å². The number of amides is 1. The smallest absolute Gasteiger partial charge is 0.255 e. The first-order chi connectivity index (χ1) is 17.0. The van der Waals surface area contributed by atoms with Crippen molar-refractivity contribution in [1.29, 1.82) is 0 Å². The second kappa shape index (κ2) is 8.94. The molecule has 9 heteroatoms. The van der Waals surface area contributed by atoms with Gasteiger partial charge in [-0.2, -0.15) is 4.98 Å². The summed E-state index contributed by atoms with van der Waals surface area (Å²) in [6, 6.07) is 18.9. The highest BCUT2D eigenvalue weighted by Gasteiger charge is 2.36. The lowest BCUT2D eigenvalue weighted by molar-refractivity contribution is -0.113. The van der Waals surface area contributed by atoms with E-state index in [0.29, 0.717) is 34.5 Å². The van der Waals surface area contributed by atoms with Gasteiger partial charge < -0.3 is 20.5 Å². The number of fused-ring (bicyclic) bond motifs is 1. The number of nitrogens with one attached hydrogen (secondary N) is 2. The van der Waals surface area contributed by atoms with Crippen LogP contribution in [0, 0.1) is 5.82 Å². The van der Waals surface area contributed by atoms with Crippen molar-refractivity contribution in [2.75, 3.05) is 17.7 Å². The first kappa shape index (κ1) is 22.1. The second-order valence-electron chi connectivity index (χ2n) is 8.00. The van der Waals surface area contributed by atoms with Crippen LogP contribution in [0.5, 0.6) is 11.5 Å². The number of rotatable bonds is 5. The Labute approximate surface area is 200 Å². The van der Waals surface area contributed by atoms with Gasteiger partial charge in [0, 0.05) is 16.8 Å². The number of phenols is 1. The highest BCUT2D eigenvalue weighted by Crippen LogP contribution is 2.38. The van der Waals surface area contributed by atoms with Crippen molar-refractivity contribution in [3.05, 3.63) is 95.4 Å². The molecule has 1 aliphatic heterocycles. The van der Waals surface area contributed by atoms with Crippen molar-refractivity contribution < 1.29 is 19.0 Å². The Hall–Kier alpha value is -4.66. The number of aromatic hydroxyl groups is 1. The number of halogens is 1. The Bertz CT molecular complexity index is 1460. The summed E-state index contributed by atoms with van der Waals surface area (Å²) in [4.78, 5) is 18.1. The minimum absolute atomic E-state index is 0.0695. The number of anilines is 2. The summed E-state index contributed by atoms with van der Waals surface area (Å²) in [7, 11) is 1.52. The van der Waals surface area contributed by atoms with Crippen LogP contribution in [0.25, 0.3) is 11.4 Å². The number of para-hydroxylation sites is 2. The van der Waals surface area contributed by atoms with Crippen LogP contribution in [0.1, 0.15) is 18.5 Å². The van der Waals surface area contributed by atoms with E-state index in [1.54, 1.807) is 67.6 Å². The van der Waals surface area contributed by atoms with Gasteiger partial charge in [-0.25, -0.2) is 9.07 Å². The van der Waals surface area contributed by atoms with Gasteiger partial charge >= 0.3 is 0 Å². The van der Waals surface area contributed by atoms with E-state index in [1.807, 2.05) is 0 Å². The lowest BCUT2D eigenvalue weighted by atomic mass is 9.94. The zero-order valence-electron chi connectivity index (χ0n) is 19.0. The Morgan fingerprint density at radius 2 is 1.89 bits per heavy atom. The molecule has 1 amide bonds. The van der Waals surface area contributed by atoms with E-state index in [2.05, 4.69) is 20.7 Å². The Kier molecular flexibility index (Phi) is 5.66. The number of nitrogens with zero attached hydrogens (tertiary/aromatic N) is 3. The predicted molar refractivity (Wildman–Crippen MR) is 130 cm³/mol. The normalized spacial score (nSPS) is 14.8. The van der Waals surface area contributed by atoms with Gasteiger partial charge in [0.1, 0.15) is 23.4 Å². The largest absolute Gasteiger partial charge is 0.508 e. The first-order valence-electron chi connectivity index (χ1n) is 10.9. The molecule has 0 saturated heterocycles. The van der Waals surface area contributed by atoms with Crippen LogP contribution < -0.4 is 15.4 Å². The molecule has 176 valence electrons. The highest BCUT2D eigenvalue weighted by atomic mass is 19.1. The summed E-state index contributed by atoms with van der Waals surface area (Å²) in [6.45, 7) is 1.73. The summed E-state index contributed by atoms with van der Waals surface area (Å²) in [5, 5.41) is 20.5. The molecule has 1 atom stereocenters. The molecule has 4 aromatic rings. The molecule has 0 bridgehead atoms. The molecule has 3 N–H and O–H groups in total. The number of allylic oxidation sites excluding steroid dienone is 1. The minimum Gasteiger partial charge on any atom is -0.508 e. The van der Waals surface area contributed by atoms with Crippen molar-refractivity contribution in [3.63, 3.8) is 0 Å². The average molecular weight is 471 g/mol. The molecule has 0 radical (unpaired) electrons. The summed E-state index contributed by atoms with van der Waals surface area (Å²) < 4.78 is 21.9. The fourth-order valence-corrected chi connectivity index (χ4v) is 4.13. The average Bonchev–Trinajstić information content (AvgIpc) is 3.27. The van der Waals surface area contributed by atoms with E-state index in [4.69, 9.17) is 4.74 Å². The second-order valence-corrected chi connectivity index (χ2v) is 8.00. The van der Waals surface area contributed by atoms with Crippen LogP contribution in [0.4, 0.5) is 16.0 Å². The fraction of sp³-hybridized carbons (Fsp3) is 0.115. The highest BCUT2D eigenvalue weighted by molar-refractivity contribution is 6.06. The molecule has 1 aliphatic rings. The van der Waals surface area contributed by atoms with E-state index in [-0.39, 0.29) is 16.9 Å². The van der Waals surface area contributed by atoms with Gasteiger partial charge in [-0.05, 0) is 37.3 Å². The summed E-state index contributed by atoms with van der Waals surface area (Å²) in [5.41, 5.74) is 2.12. The van der Waals surface area contributed by atoms with E-state index in [1.165, 1.54) is 23.9 Å². The standard InChI is InChI=1S/C26H22FN5O3/c1-15-22(25(34)29-20-12-5-6-13-21(20)35-2)23(18-10-3-4-11-19(18)27)32-26(28-15)30-24(31-32)16-8-7-9-17(33)14-16/h3-14,23,33H,1-2H3,(H,29,34)(H,28,30,31). The number of hydrogen-bond acceptors (Lipinski definition) is 6. The van der Waals surface area contributed by atoms with Gasteiger partial charge in [-0.3, -0.25) is 4.79 Å². The molecule has 3 aromatic carbocycles. The fourth-order valence-electron chi connectivity index (χ4n) is 4.13. The molecular weight excluding hydrogens is 449 g/mol. The molecule has 0 saturated carbocycles. The maximum Gasteiger partial charge on any atom is 0.255 e. The quantitative estimate of drug-likeness (QED) is 0.389. The molecule has 8 nitrogen and oxygen atoms in total. The van der Waals surface area contributed by atoms with Gasteiger partial charge in [-0.15, -0.1) is 5.10 Å². The third kappa shape index (κ3) is 4.08. The number of phenolic OH excluding ortho intramolecular Hbond substituents is 1. The van der Waals surface area contributed by atoms with E-state index < -0.39 is 17.8 Å².